The molecule has 1 aromatic carbocycles. The largest absolute Gasteiger partial charge is 0.300 e. The van der Waals surface area contributed by atoms with Crippen LogP contribution >= 0.6 is 23.1 Å². The van der Waals surface area contributed by atoms with Crippen LogP contribution in [0, 0.1) is 6.92 Å². The zero-order valence-electron chi connectivity index (χ0n) is 16.4. The minimum absolute atomic E-state index is 0.166. The van der Waals surface area contributed by atoms with E-state index in [1.165, 1.54) is 23.1 Å². The molecule has 10 heteroatoms. The van der Waals surface area contributed by atoms with Crippen molar-refractivity contribution in [1.29, 1.82) is 0 Å². The molecule has 3 aromatic heterocycles. The number of nitrogens with zero attached hydrogens (tertiary/aromatic N) is 6. The molecule has 0 radical (unpaired) electrons. The van der Waals surface area contributed by atoms with Gasteiger partial charge in [-0.1, -0.05) is 48.2 Å². The summed E-state index contributed by atoms with van der Waals surface area (Å²) >= 11 is 2.70. The van der Waals surface area contributed by atoms with Crippen LogP contribution in [0.1, 0.15) is 17.5 Å². The number of amides is 1. The number of thioether (sulfide) groups is 1. The minimum atomic E-state index is -0.166. The number of aromatic nitrogens is 6. The summed E-state index contributed by atoms with van der Waals surface area (Å²) in [5.41, 5.74) is 2.89. The zero-order chi connectivity index (χ0) is 20.9. The third-order valence-corrected chi connectivity index (χ3v) is 6.17. The molecule has 0 fully saturated rings. The number of benzene rings is 1. The summed E-state index contributed by atoms with van der Waals surface area (Å²) in [6, 6.07) is 11.8. The molecule has 0 aliphatic carbocycles. The van der Waals surface area contributed by atoms with Gasteiger partial charge in [-0.05, 0) is 37.1 Å². The van der Waals surface area contributed by atoms with E-state index in [9.17, 15) is 4.79 Å². The zero-order valence-corrected chi connectivity index (χ0v) is 18.1. The molecule has 0 saturated heterocycles. The molecule has 4 aromatic rings. The number of nitrogens with one attached hydrogen (secondary N) is 1. The van der Waals surface area contributed by atoms with E-state index < -0.39 is 0 Å². The summed E-state index contributed by atoms with van der Waals surface area (Å²) in [5, 5.41) is 21.6. The number of anilines is 1. The highest BCUT2D eigenvalue weighted by Gasteiger charge is 2.19. The van der Waals surface area contributed by atoms with Gasteiger partial charge in [0.2, 0.25) is 11.0 Å². The Morgan fingerprint density at radius 1 is 1.13 bits per heavy atom. The SMILES string of the molecule is CCc1nnc(NC(=O)CSc2nnc(-c3cccnc3)n2-c2ccccc2C)s1. The van der Waals surface area contributed by atoms with Crippen LogP contribution in [0.15, 0.2) is 53.9 Å². The highest BCUT2D eigenvalue weighted by Crippen LogP contribution is 2.29. The van der Waals surface area contributed by atoms with Crippen LogP contribution < -0.4 is 5.32 Å². The Hall–Kier alpha value is -3.11. The summed E-state index contributed by atoms with van der Waals surface area (Å²) in [7, 11) is 0. The van der Waals surface area contributed by atoms with E-state index in [4.69, 9.17) is 0 Å². The lowest BCUT2D eigenvalue weighted by Crippen LogP contribution is -2.14. The topological polar surface area (TPSA) is 98.5 Å². The van der Waals surface area contributed by atoms with Crippen LogP contribution in [-0.2, 0) is 11.2 Å². The van der Waals surface area contributed by atoms with Crippen LogP contribution in [-0.4, -0.2) is 41.6 Å². The second-order valence-electron chi connectivity index (χ2n) is 6.36. The van der Waals surface area contributed by atoms with Crippen molar-refractivity contribution in [2.24, 2.45) is 0 Å². The van der Waals surface area contributed by atoms with Crippen LogP contribution in [0.2, 0.25) is 0 Å². The van der Waals surface area contributed by atoms with Gasteiger partial charge in [-0.3, -0.25) is 19.7 Å². The van der Waals surface area contributed by atoms with Gasteiger partial charge in [0.15, 0.2) is 11.0 Å². The highest BCUT2D eigenvalue weighted by atomic mass is 32.2. The molecule has 1 N–H and O–H groups in total. The Bertz CT molecular complexity index is 1160. The smallest absolute Gasteiger partial charge is 0.236 e. The number of aryl methyl sites for hydroxylation is 2. The van der Waals surface area contributed by atoms with Gasteiger partial charge in [-0.2, -0.15) is 0 Å². The summed E-state index contributed by atoms with van der Waals surface area (Å²) in [6.45, 7) is 4.03. The standard InChI is InChI=1S/C20H19N7OS2/c1-3-17-23-25-19(30-17)22-16(28)12-29-20-26-24-18(14-8-6-10-21-11-14)27(20)15-9-5-4-7-13(15)2/h4-11H,3,12H2,1-2H3,(H,22,25,28). The molecule has 0 unspecified atom stereocenters. The number of rotatable bonds is 7. The number of pyridine rings is 1. The molecule has 152 valence electrons. The predicted molar refractivity (Wildman–Crippen MR) is 118 cm³/mol. The first kappa shape index (κ1) is 20.2. The van der Waals surface area contributed by atoms with E-state index in [1.807, 2.05) is 54.8 Å². The summed E-state index contributed by atoms with van der Waals surface area (Å²) < 4.78 is 1.96. The second kappa shape index (κ2) is 9.14. The fraction of sp³-hybridized carbons (Fsp3) is 0.200. The van der Waals surface area contributed by atoms with E-state index >= 15 is 0 Å². The molecule has 0 bridgehead atoms. The summed E-state index contributed by atoms with van der Waals surface area (Å²) in [6.07, 6.45) is 4.26. The molecule has 1 amide bonds. The van der Waals surface area contributed by atoms with Gasteiger partial charge in [0.25, 0.3) is 0 Å². The number of hydrogen-bond acceptors (Lipinski definition) is 8. The molecular formula is C20H19N7OS2. The van der Waals surface area contributed by atoms with Crippen LogP contribution in [0.5, 0.6) is 0 Å². The van der Waals surface area contributed by atoms with Crippen molar-refractivity contribution in [1.82, 2.24) is 29.9 Å². The molecule has 0 aliphatic heterocycles. The molecule has 8 nitrogen and oxygen atoms in total. The van der Waals surface area contributed by atoms with Gasteiger partial charge in [0, 0.05) is 18.0 Å². The van der Waals surface area contributed by atoms with Gasteiger partial charge in [0.05, 0.1) is 11.4 Å². The lowest BCUT2D eigenvalue weighted by molar-refractivity contribution is -0.113. The fourth-order valence-corrected chi connectivity index (χ4v) is 4.25. The number of carbonyl (C=O) groups excluding carboxylic acids is 1. The minimum Gasteiger partial charge on any atom is -0.300 e. The van der Waals surface area contributed by atoms with Crippen molar-refractivity contribution < 1.29 is 4.79 Å². The molecule has 3 heterocycles. The number of para-hydroxylation sites is 1. The average Bonchev–Trinajstić information content (AvgIpc) is 3.40. The maximum absolute atomic E-state index is 12.4. The Labute approximate surface area is 181 Å². The van der Waals surface area contributed by atoms with Crippen molar-refractivity contribution in [2.75, 3.05) is 11.1 Å². The summed E-state index contributed by atoms with van der Waals surface area (Å²) in [5.74, 6) is 0.691. The van der Waals surface area contributed by atoms with E-state index in [2.05, 4.69) is 30.7 Å². The van der Waals surface area contributed by atoms with Crippen LogP contribution in [0.3, 0.4) is 0 Å². The second-order valence-corrected chi connectivity index (χ2v) is 8.37. The van der Waals surface area contributed by atoms with E-state index in [0.29, 0.717) is 16.1 Å². The third-order valence-electron chi connectivity index (χ3n) is 4.26. The maximum Gasteiger partial charge on any atom is 0.236 e. The van der Waals surface area contributed by atoms with Gasteiger partial charge in [-0.15, -0.1) is 20.4 Å². The molecule has 4 rings (SSSR count). The fourth-order valence-electron chi connectivity index (χ4n) is 2.81. The van der Waals surface area contributed by atoms with Gasteiger partial charge < -0.3 is 0 Å². The Morgan fingerprint density at radius 2 is 2.00 bits per heavy atom. The predicted octanol–water partition coefficient (Wildman–Crippen LogP) is 3.78. The average molecular weight is 438 g/mol. The molecule has 0 saturated carbocycles. The monoisotopic (exact) mass is 437 g/mol. The number of carbonyl (C=O) groups is 1. The van der Waals surface area contributed by atoms with Gasteiger partial charge in [-0.25, -0.2) is 0 Å². The lowest BCUT2D eigenvalue weighted by Gasteiger charge is -2.12. The van der Waals surface area contributed by atoms with Crippen molar-refractivity contribution in [3.8, 4) is 17.1 Å². The van der Waals surface area contributed by atoms with E-state index in [-0.39, 0.29) is 11.7 Å². The normalized spacial score (nSPS) is 10.9. The Kier molecular flexibility index (Phi) is 6.15. The maximum atomic E-state index is 12.4. The van der Waals surface area contributed by atoms with Crippen molar-refractivity contribution in [3.05, 3.63) is 59.4 Å². The lowest BCUT2D eigenvalue weighted by atomic mass is 10.2. The van der Waals surface area contributed by atoms with Gasteiger partial charge in [0.1, 0.15) is 5.01 Å². The Balaban J connectivity index is 1.59. The third kappa shape index (κ3) is 4.39. The van der Waals surface area contributed by atoms with Crippen LogP contribution in [0.25, 0.3) is 17.1 Å². The highest BCUT2D eigenvalue weighted by molar-refractivity contribution is 7.99. The molecule has 0 spiro atoms. The molecule has 30 heavy (non-hydrogen) atoms. The molecular weight excluding hydrogens is 418 g/mol. The van der Waals surface area contributed by atoms with E-state index in [1.54, 1.807) is 12.4 Å². The summed E-state index contributed by atoms with van der Waals surface area (Å²) in [4.78, 5) is 16.6. The number of hydrogen-bond donors (Lipinski definition) is 1. The first-order valence-corrected chi connectivity index (χ1v) is 11.1. The van der Waals surface area contributed by atoms with Crippen LogP contribution in [0.4, 0.5) is 5.13 Å². The van der Waals surface area contributed by atoms with Crippen molar-refractivity contribution >= 4 is 34.1 Å². The van der Waals surface area contributed by atoms with Gasteiger partial charge >= 0.3 is 0 Å². The Morgan fingerprint density at radius 3 is 2.73 bits per heavy atom. The van der Waals surface area contributed by atoms with Crippen molar-refractivity contribution in [3.63, 3.8) is 0 Å². The molecule has 0 aliphatic rings. The quantitative estimate of drug-likeness (QED) is 0.439. The molecule has 0 atom stereocenters. The first-order valence-electron chi connectivity index (χ1n) is 9.32. The van der Waals surface area contributed by atoms with Crippen molar-refractivity contribution in [2.45, 2.75) is 25.4 Å². The van der Waals surface area contributed by atoms with E-state index in [0.717, 1.165) is 28.2 Å². The first-order chi connectivity index (χ1) is 14.7.